The van der Waals surface area contributed by atoms with Gasteiger partial charge in [0.1, 0.15) is 12.1 Å². The van der Waals surface area contributed by atoms with Crippen molar-refractivity contribution in [3.8, 4) is 11.5 Å². The number of benzene rings is 1. The molecule has 0 unspecified atom stereocenters. The van der Waals surface area contributed by atoms with Crippen molar-refractivity contribution in [2.24, 2.45) is 11.3 Å². The molecule has 0 aromatic heterocycles. The van der Waals surface area contributed by atoms with E-state index in [2.05, 4.69) is 36.9 Å². The number of carbonyl (C=O) groups excluding carboxylic acids is 4. The van der Waals surface area contributed by atoms with Gasteiger partial charge in [0.05, 0.1) is 6.61 Å². The molecule has 0 radical (unpaired) electrons. The molecule has 192 valence electrons. The Labute approximate surface area is 206 Å². The molecule has 0 bridgehead atoms. The highest BCUT2D eigenvalue weighted by Crippen LogP contribution is 2.45. The standard InChI is InChI=1S/C25H36N4O6/c1-5-24(3,4)17-11-13-25(14-12-17)22(32)29(23(33)26-25)15-20(30)27-28-21(31)16-35-19-10-8-7-9-18(19)34-6-2/h7-10,17H,5-6,11-16H2,1-4H3,(H,26,33)(H,27,30)(H,28,31). The highest BCUT2D eigenvalue weighted by atomic mass is 16.5. The van der Waals surface area contributed by atoms with Gasteiger partial charge in [-0.15, -0.1) is 0 Å². The molecule has 0 atom stereocenters. The summed E-state index contributed by atoms with van der Waals surface area (Å²) in [5.74, 6) is -0.278. The Morgan fingerprint density at radius 3 is 2.26 bits per heavy atom. The summed E-state index contributed by atoms with van der Waals surface area (Å²) >= 11 is 0. The van der Waals surface area contributed by atoms with Crippen LogP contribution >= 0.6 is 0 Å². The van der Waals surface area contributed by atoms with Crippen molar-refractivity contribution < 1.29 is 28.7 Å². The second kappa shape index (κ2) is 11.0. The van der Waals surface area contributed by atoms with Crippen LogP contribution in [0.15, 0.2) is 24.3 Å². The maximum absolute atomic E-state index is 13.1. The van der Waals surface area contributed by atoms with Gasteiger partial charge in [-0.1, -0.05) is 39.3 Å². The maximum atomic E-state index is 13.1. The van der Waals surface area contributed by atoms with Crippen LogP contribution in [0.3, 0.4) is 0 Å². The lowest BCUT2D eigenvalue weighted by Crippen LogP contribution is -2.52. The molecule has 1 aliphatic carbocycles. The summed E-state index contributed by atoms with van der Waals surface area (Å²) in [6.45, 7) is 8.08. The molecule has 1 saturated heterocycles. The minimum atomic E-state index is -0.942. The summed E-state index contributed by atoms with van der Waals surface area (Å²) in [5.41, 5.74) is 3.70. The molecule has 1 saturated carbocycles. The van der Waals surface area contributed by atoms with Gasteiger partial charge < -0.3 is 14.8 Å². The van der Waals surface area contributed by atoms with E-state index >= 15 is 0 Å². The first-order chi connectivity index (χ1) is 16.6. The number of amides is 5. The highest BCUT2D eigenvalue weighted by molar-refractivity contribution is 6.09. The number of urea groups is 1. The van der Waals surface area contributed by atoms with Crippen molar-refractivity contribution in [1.29, 1.82) is 0 Å². The van der Waals surface area contributed by atoms with Crippen LogP contribution in [0.1, 0.15) is 59.8 Å². The first-order valence-corrected chi connectivity index (χ1v) is 12.2. The van der Waals surface area contributed by atoms with Crippen LogP contribution in [0.5, 0.6) is 11.5 Å². The van der Waals surface area contributed by atoms with Crippen molar-refractivity contribution in [2.75, 3.05) is 19.8 Å². The molecule has 2 fully saturated rings. The Balaban J connectivity index is 1.47. The van der Waals surface area contributed by atoms with Crippen LogP contribution in [-0.4, -0.2) is 54.0 Å². The van der Waals surface area contributed by atoms with E-state index in [0.29, 0.717) is 36.9 Å². The van der Waals surface area contributed by atoms with Gasteiger partial charge >= 0.3 is 6.03 Å². The smallest absolute Gasteiger partial charge is 0.325 e. The van der Waals surface area contributed by atoms with Crippen LogP contribution in [0.4, 0.5) is 4.79 Å². The maximum Gasteiger partial charge on any atom is 0.325 e. The lowest BCUT2D eigenvalue weighted by Gasteiger charge is -2.42. The molecule has 1 aromatic carbocycles. The van der Waals surface area contributed by atoms with Crippen LogP contribution in [0, 0.1) is 11.3 Å². The van der Waals surface area contributed by atoms with E-state index in [0.717, 1.165) is 24.2 Å². The Hall–Kier alpha value is -3.30. The third kappa shape index (κ3) is 6.04. The number of carbonyl (C=O) groups is 4. The van der Waals surface area contributed by atoms with E-state index in [9.17, 15) is 19.2 Å². The number of imide groups is 1. The molecule has 1 spiro atoms. The van der Waals surface area contributed by atoms with Crippen molar-refractivity contribution in [2.45, 2.75) is 65.3 Å². The van der Waals surface area contributed by atoms with Gasteiger partial charge in [-0.05, 0) is 56.1 Å². The van der Waals surface area contributed by atoms with Crippen molar-refractivity contribution >= 4 is 23.8 Å². The summed E-state index contributed by atoms with van der Waals surface area (Å²) in [5, 5.41) is 2.82. The fourth-order valence-corrected chi connectivity index (χ4v) is 4.69. The fraction of sp³-hybridized carbons (Fsp3) is 0.600. The second-order valence-corrected chi connectivity index (χ2v) is 9.78. The first kappa shape index (κ1) is 26.3. The molecule has 10 nitrogen and oxygen atoms in total. The lowest BCUT2D eigenvalue weighted by atomic mass is 9.65. The Bertz CT molecular complexity index is 955. The predicted octanol–water partition coefficient (Wildman–Crippen LogP) is 2.53. The van der Waals surface area contributed by atoms with E-state index in [1.54, 1.807) is 24.3 Å². The number of hydrogen-bond acceptors (Lipinski definition) is 6. The zero-order valence-electron chi connectivity index (χ0n) is 20.9. The zero-order valence-corrected chi connectivity index (χ0v) is 20.9. The molecular formula is C25H36N4O6. The van der Waals surface area contributed by atoms with Crippen LogP contribution < -0.4 is 25.6 Å². The largest absolute Gasteiger partial charge is 0.490 e. The van der Waals surface area contributed by atoms with Gasteiger partial charge in [-0.2, -0.15) is 0 Å². The van der Waals surface area contributed by atoms with Gasteiger partial charge in [-0.3, -0.25) is 30.1 Å². The van der Waals surface area contributed by atoms with Gasteiger partial charge in [0, 0.05) is 0 Å². The van der Waals surface area contributed by atoms with Crippen molar-refractivity contribution in [3.05, 3.63) is 24.3 Å². The monoisotopic (exact) mass is 488 g/mol. The fourth-order valence-electron chi connectivity index (χ4n) is 4.69. The lowest BCUT2D eigenvalue weighted by molar-refractivity contribution is -0.137. The Morgan fingerprint density at radius 1 is 1.06 bits per heavy atom. The predicted molar refractivity (Wildman–Crippen MR) is 128 cm³/mol. The average molecular weight is 489 g/mol. The number of para-hydroxylation sites is 2. The molecular weight excluding hydrogens is 452 g/mol. The first-order valence-electron chi connectivity index (χ1n) is 12.2. The number of nitrogens with one attached hydrogen (secondary N) is 3. The molecule has 1 heterocycles. The molecule has 3 N–H and O–H groups in total. The number of ether oxygens (including phenoxy) is 2. The van der Waals surface area contributed by atoms with Gasteiger partial charge in [0.2, 0.25) is 0 Å². The minimum absolute atomic E-state index is 0.180. The Kier molecular flexibility index (Phi) is 8.24. The average Bonchev–Trinajstić information content (AvgIpc) is 3.06. The van der Waals surface area contributed by atoms with Crippen molar-refractivity contribution in [3.63, 3.8) is 0 Å². The van der Waals surface area contributed by atoms with E-state index < -0.39 is 29.9 Å². The molecule has 1 aromatic rings. The minimum Gasteiger partial charge on any atom is -0.490 e. The highest BCUT2D eigenvalue weighted by Gasteiger charge is 2.53. The second-order valence-electron chi connectivity index (χ2n) is 9.78. The van der Waals surface area contributed by atoms with Crippen LogP contribution in [-0.2, 0) is 14.4 Å². The van der Waals surface area contributed by atoms with E-state index in [1.807, 2.05) is 6.92 Å². The van der Waals surface area contributed by atoms with Gasteiger partial charge in [0.25, 0.3) is 17.7 Å². The normalized spacial score (nSPS) is 22.1. The topological polar surface area (TPSA) is 126 Å². The summed E-state index contributed by atoms with van der Waals surface area (Å²) < 4.78 is 10.9. The summed E-state index contributed by atoms with van der Waals surface area (Å²) in [4.78, 5) is 50.9. The number of hydrazine groups is 1. The van der Waals surface area contributed by atoms with Crippen molar-refractivity contribution in [1.82, 2.24) is 21.1 Å². The van der Waals surface area contributed by atoms with E-state index in [1.165, 1.54) is 0 Å². The molecule has 35 heavy (non-hydrogen) atoms. The van der Waals surface area contributed by atoms with Crippen LogP contribution in [0.25, 0.3) is 0 Å². The summed E-state index contributed by atoms with van der Waals surface area (Å²) in [6.07, 6.45) is 3.85. The summed E-state index contributed by atoms with van der Waals surface area (Å²) in [6, 6.07) is 6.34. The van der Waals surface area contributed by atoms with E-state index in [-0.39, 0.29) is 17.9 Å². The number of rotatable bonds is 9. The van der Waals surface area contributed by atoms with Crippen LogP contribution in [0.2, 0.25) is 0 Å². The molecule has 10 heteroatoms. The number of nitrogens with zero attached hydrogens (tertiary/aromatic N) is 1. The van der Waals surface area contributed by atoms with Gasteiger partial charge in [-0.25, -0.2) is 4.79 Å². The molecule has 3 rings (SSSR count). The van der Waals surface area contributed by atoms with E-state index in [4.69, 9.17) is 9.47 Å². The SMILES string of the molecule is CCOc1ccccc1OCC(=O)NNC(=O)CN1C(=O)NC2(CCC(C(C)(C)CC)CC2)C1=O. The molecule has 2 aliphatic rings. The third-order valence-corrected chi connectivity index (χ3v) is 7.25. The quantitative estimate of drug-likeness (QED) is 0.362. The summed E-state index contributed by atoms with van der Waals surface area (Å²) in [7, 11) is 0. The van der Waals surface area contributed by atoms with Gasteiger partial charge in [0.15, 0.2) is 18.1 Å². The zero-order chi connectivity index (χ0) is 25.6. The Morgan fingerprint density at radius 2 is 1.66 bits per heavy atom. The third-order valence-electron chi connectivity index (χ3n) is 7.25. The number of hydrogen-bond donors (Lipinski definition) is 3. The molecule has 5 amide bonds. The molecule has 1 aliphatic heterocycles.